The summed E-state index contributed by atoms with van der Waals surface area (Å²) in [5.74, 6) is -3.81. The van der Waals surface area contributed by atoms with Crippen LogP contribution in [0.1, 0.15) is 99.4 Å². The summed E-state index contributed by atoms with van der Waals surface area (Å²) in [6.45, 7) is 1.41. The smallest absolute Gasteiger partial charge is 0.287 e. The number of rotatable bonds is 25. The van der Waals surface area contributed by atoms with Gasteiger partial charge in [-0.15, -0.1) is 0 Å². The van der Waals surface area contributed by atoms with Crippen LogP contribution in [-0.2, 0) is 58.9 Å². The molecule has 0 aliphatic carbocycles. The third kappa shape index (κ3) is 15.5. The van der Waals surface area contributed by atoms with Crippen molar-refractivity contribution in [2.45, 2.75) is 25.7 Å². The van der Waals surface area contributed by atoms with E-state index >= 15 is 0 Å². The summed E-state index contributed by atoms with van der Waals surface area (Å²) in [5.41, 5.74) is 3.62. The molecule has 0 saturated carbocycles. The summed E-state index contributed by atoms with van der Waals surface area (Å²) in [4.78, 5) is 128. The van der Waals surface area contributed by atoms with Crippen molar-refractivity contribution in [2.24, 2.45) is 49.3 Å². The summed E-state index contributed by atoms with van der Waals surface area (Å²) < 4.78 is 13.7. The van der Waals surface area contributed by atoms with Crippen LogP contribution in [0, 0.1) is 0 Å². The molecule has 0 aliphatic heterocycles. The van der Waals surface area contributed by atoms with Gasteiger partial charge in [0.15, 0.2) is 11.6 Å². The van der Waals surface area contributed by atoms with Crippen LogP contribution < -0.4 is 51.4 Å². The Labute approximate surface area is 484 Å². The van der Waals surface area contributed by atoms with Crippen molar-refractivity contribution in [1.29, 1.82) is 0 Å². The predicted molar refractivity (Wildman–Crippen MR) is 314 cm³/mol. The Morgan fingerprint density at radius 2 is 0.756 bits per heavy atom. The first kappa shape index (κ1) is 60.2. The number of halogens is 1. The molecule has 0 unspecified atom stereocenters. The first-order chi connectivity index (χ1) is 39.0. The second-order valence-corrected chi connectivity index (χ2v) is 20.1. The second kappa shape index (κ2) is 26.7. The number of anilines is 7. The molecule has 29 nitrogen and oxygen atoms in total. The Kier molecular flexibility index (Phi) is 19.6. The molecule has 7 aromatic rings. The van der Waals surface area contributed by atoms with Crippen molar-refractivity contribution in [1.82, 2.24) is 62.8 Å². The zero-order chi connectivity index (χ0) is 59.5. The van der Waals surface area contributed by atoms with Crippen molar-refractivity contribution in [3.63, 3.8) is 0 Å². The minimum Gasteiger partial charge on any atom is -0.351 e. The van der Waals surface area contributed by atoms with Gasteiger partial charge < -0.3 is 88.3 Å². The molecule has 0 spiro atoms. The average molecular weight is 1240 g/mol. The topological polar surface area (TPSA) is 337 Å². The molecule has 7 rings (SSSR count). The maximum absolute atomic E-state index is 13.4. The van der Waals surface area contributed by atoms with Crippen molar-refractivity contribution < 1.29 is 43.2 Å². The van der Waals surface area contributed by atoms with E-state index in [9.17, 15) is 43.2 Å². The molecular formula is C52H65IN20O9. The van der Waals surface area contributed by atoms with Gasteiger partial charge in [-0.1, -0.05) is 0 Å². The van der Waals surface area contributed by atoms with Crippen LogP contribution >= 0.6 is 22.9 Å². The number of amides is 9. The highest BCUT2D eigenvalue weighted by atomic mass is 127. The maximum Gasteiger partial charge on any atom is 0.287 e. The molecule has 10 N–H and O–H groups in total. The van der Waals surface area contributed by atoms with E-state index in [0.29, 0.717) is 40.7 Å². The fraction of sp³-hybridized carbons (Fsp3) is 0.327. The van der Waals surface area contributed by atoms with Gasteiger partial charge >= 0.3 is 0 Å². The van der Waals surface area contributed by atoms with Crippen LogP contribution in [0.5, 0.6) is 0 Å². The Morgan fingerprint density at radius 1 is 0.402 bits per heavy atom. The van der Waals surface area contributed by atoms with E-state index < -0.39 is 41.4 Å². The number of aromatic nitrogens is 9. The van der Waals surface area contributed by atoms with Crippen LogP contribution in [-0.4, -0.2) is 140 Å². The molecule has 0 fully saturated rings. The van der Waals surface area contributed by atoms with E-state index in [2.05, 4.69) is 61.3 Å². The molecule has 82 heavy (non-hydrogen) atoms. The van der Waals surface area contributed by atoms with E-state index in [1.54, 1.807) is 106 Å². The molecule has 7 aromatic heterocycles. The van der Waals surface area contributed by atoms with Gasteiger partial charge in [-0.25, -0.2) is 9.97 Å². The highest BCUT2D eigenvalue weighted by Gasteiger charge is 2.23. The number of nitrogens with zero attached hydrogens (tertiary/aromatic N) is 10. The van der Waals surface area contributed by atoms with Gasteiger partial charge in [0.2, 0.25) is 23.5 Å². The van der Waals surface area contributed by atoms with Crippen molar-refractivity contribution in [3.05, 3.63) is 114 Å². The van der Waals surface area contributed by atoms with Gasteiger partial charge in [-0.2, -0.15) is 0 Å². The van der Waals surface area contributed by atoms with E-state index in [1.165, 1.54) is 48.9 Å². The monoisotopic (exact) mass is 1240 g/mol. The van der Waals surface area contributed by atoms with Crippen LogP contribution in [0.4, 0.5) is 40.1 Å². The third-order valence-electron chi connectivity index (χ3n) is 12.6. The van der Waals surface area contributed by atoms with Crippen molar-refractivity contribution in [2.75, 3.05) is 75.7 Å². The van der Waals surface area contributed by atoms with E-state index in [1.807, 2.05) is 41.9 Å². The Morgan fingerprint density at radius 3 is 1.20 bits per heavy atom. The molecule has 0 bridgehead atoms. The molecule has 0 saturated heterocycles. The minimum absolute atomic E-state index is 0.00406. The summed E-state index contributed by atoms with van der Waals surface area (Å²) >= 11 is 1.96. The number of hydrogen-bond donors (Lipinski definition) is 10. The zero-order valence-corrected chi connectivity index (χ0v) is 48.8. The van der Waals surface area contributed by atoms with Crippen LogP contribution in [0.3, 0.4) is 0 Å². The number of imidazole rings is 2. The van der Waals surface area contributed by atoms with Gasteiger partial charge in [0.1, 0.15) is 28.5 Å². The van der Waals surface area contributed by atoms with Gasteiger partial charge in [0.25, 0.3) is 41.4 Å². The lowest BCUT2D eigenvalue weighted by atomic mass is 10.3. The van der Waals surface area contributed by atoms with Crippen molar-refractivity contribution in [3.8, 4) is 0 Å². The number of nitrogens with one attached hydrogen (secondary N) is 10. The number of hydrogen-bond acceptors (Lipinski definition) is 13. The number of aryl methyl sites for hydroxylation is 7. The first-order valence-electron chi connectivity index (χ1n) is 25.6. The molecule has 0 aromatic carbocycles. The molecular weight excluding hydrogens is 1180 g/mol. The SMILES string of the molecule is CN(C)CCCNC(=O)c1cc(NC(=O)c2cc(NC(=O)c3cc(NC(=O)c4cc(NC(=O)CCCNC(=O)c5nc(NC(=O)CCNC(=O)c6nc(NC(=O)c7cc(NI)cn7C)cn6C)cn5C)cn4C)cn3C)cn2C)cn1C. The highest BCUT2D eigenvalue weighted by molar-refractivity contribution is 14.1. The quantitative estimate of drug-likeness (QED) is 0.0224. The predicted octanol–water partition coefficient (Wildman–Crippen LogP) is 3.21. The summed E-state index contributed by atoms with van der Waals surface area (Å²) in [7, 11) is 15.5. The van der Waals surface area contributed by atoms with Gasteiger partial charge in [0, 0.05) is 125 Å². The van der Waals surface area contributed by atoms with Crippen LogP contribution in [0.2, 0.25) is 0 Å². The lowest BCUT2D eigenvalue weighted by Gasteiger charge is -2.10. The van der Waals surface area contributed by atoms with Crippen LogP contribution in [0.25, 0.3) is 0 Å². The molecule has 0 radical (unpaired) electrons. The Bertz CT molecular complexity index is 3570. The molecule has 30 heteroatoms. The highest BCUT2D eigenvalue weighted by Crippen LogP contribution is 2.22. The Balaban J connectivity index is 0.805. The van der Waals surface area contributed by atoms with Gasteiger partial charge in [-0.05, 0) is 63.8 Å². The van der Waals surface area contributed by atoms with E-state index in [4.69, 9.17) is 0 Å². The summed E-state index contributed by atoms with van der Waals surface area (Å²) in [5, 5.41) is 24.7. The molecule has 434 valence electrons. The number of carbonyl (C=O) groups is 9. The molecule has 0 atom stereocenters. The third-order valence-corrected chi connectivity index (χ3v) is 13.2. The van der Waals surface area contributed by atoms with E-state index in [-0.39, 0.29) is 84.5 Å². The van der Waals surface area contributed by atoms with E-state index in [0.717, 1.165) is 18.7 Å². The second-order valence-electron chi connectivity index (χ2n) is 19.5. The van der Waals surface area contributed by atoms with Gasteiger partial charge in [-0.3, -0.25) is 43.2 Å². The van der Waals surface area contributed by atoms with Gasteiger partial charge in [0.05, 0.1) is 51.3 Å². The lowest BCUT2D eigenvalue weighted by Crippen LogP contribution is -2.29. The standard InChI is InChI=1S/C52H65IN20O9/c1-66(2)17-11-15-54-46(76)35-19-31(24-67(35)3)58-48(78)37-21-33(26-69(37)5)60-49(79)38-20-32(25-70(38)6)59-47(77)36-18-30(23-68(36)4)57-42(74)12-10-14-55-51(81)44-62-40(28-72(44)8)61-43(75)13-16-56-52(82)45-63-41(29-73(45)9)64-50(80)39-22-34(65-53)27-71(39)7/h18-29,65H,10-17H2,1-9H3,(H,54,76)(H,55,81)(H,56,82)(H,57,74)(H,58,78)(H,59,77)(H,60,79)(H,61,75)(H,64,80). The summed E-state index contributed by atoms with van der Waals surface area (Å²) in [6, 6.07) is 7.77. The lowest BCUT2D eigenvalue weighted by molar-refractivity contribution is -0.117. The summed E-state index contributed by atoms with van der Waals surface area (Å²) in [6.07, 6.45) is 12.0. The van der Waals surface area contributed by atoms with Crippen LogP contribution in [0.15, 0.2) is 73.7 Å². The molecule has 0 aliphatic rings. The van der Waals surface area contributed by atoms with Crippen molar-refractivity contribution >= 4 is 116 Å². The fourth-order valence-corrected chi connectivity index (χ4v) is 8.83. The Hall–Kier alpha value is -9.46. The minimum atomic E-state index is -0.566. The number of carbonyl (C=O) groups excluding carboxylic acids is 9. The fourth-order valence-electron chi connectivity index (χ4n) is 8.53. The first-order valence-corrected chi connectivity index (χ1v) is 26.6. The average Bonchev–Trinajstić information content (AvgIpc) is 4.35. The maximum atomic E-state index is 13.4. The largest absolute Gasteiger partial charge is 0.351 e. The molecule has 9 amide bonds. The normalized spacial score (nSPS) is 11.0. The molecule has 7 heterocycles. The zero-order valence-electron chi connectivity index (χ0n) is 46.6.